The molecule has 3 heterocycles. The first kappa shape index (κ1) is 19.6. The van der Waals surface area contributed by atoms with Crippen molar-refractivity contribution in [2.45, 2.75) is 31.1 Å². The number of carbonyl (C=O) groups is 1. The van der Waals surface area contributed by atoms with Gasteiger partial charge >= 0.3 is 5.97 Å². The lowest BCUT2D eigenvalue weighted by atomic mass is 9.88. The molecule has 0 radical (unpaired) electrons. The van der Waals surface area contributed by atoms with Crippen molar-refractivity contribution in [1.82, 2.24) is 10.3 Å². The van der Waals surface area contributed by atoms with Crippen LogP contribution in [0.25, 0.3) is 10.2 Å². The monoisotopic (exact) mass is 434 g/mol. The number of esters is 1. The summed E-state index contributed by atoms with van der Waals surface area (Å²) in [5, 5.41) is 4.78. The second-order valence-corrected chi connectivity index (χ2v) is 8.68. The van der Waals surface area contributed by atoms with Gasteiger partial charge < -0.3 is 10.1 Å². The highest BCUT2D eigenvalue weighted by atomic mass is 35.5. The van der Waals surface area contributed by atoms with E-state index in [9.17, 15) is 4.79 Å². The molecule has 0 bridgehead atoms. The van der Waals surface area contributed by atoms with Gasteiger partial charge in [0.15, 0.2) is 0 Å². The van der Waals surface area contributed by atoms with E-state index in [1.807, 2.05) is 18.2 Å². The van der Waals surface area contributed by atoms with Crippen molar-refractivity contribution in [3.63, 3.8) is 0 Å². The summed E-state index contributed by atoms with van der Waals surface area (Å²) in [5.41, 5.74) is 3.11. The number of ether oxygens (including phenoxy) is 1. The van der Waals surface area contributed by atoms with Gasteiger partial charge in [-0.05, 0) is 67.6 Å². The minimum Gasteiger partial charge on any atom is -0.426 e. The molecule has 0 saturated carbocycles. The molecule has 1 atom stereocenters. The molecule has 2 aliphatic heterocycles. The van der Waals surface area contributed by atoms with E-state index in [-0.39, 0.29) is 24.3 Å². The number of benzene rings is 2. The third-order valence-corrected chi connectivity index (χ3v) is 6.94. The van der Waals surface area contributed by atoms with Crippen molar-refractivity contribution in [1.29, 1.82) is 0 Å². The highest BCUT2D eigenvalue weighted by Gasteiger charge is 2.33. The van der Waals surface area contributed by atoms with Gasteiger partial charge in [0.1, 0.15) is 22.2 Å². The zero-order chi connectivity index (χ0) is 18.4. The normalized spacial score (nSPS) is 19.8. The number of aromatic nitrogens is 1. The summed E-state index contributed by atoms with van der Waals surface area (Å²) in [7, 11) is 0. The van der Waals surface area contributed by atoms with Gasteiger partial charge in [0.05, 0.1) is 9.72 Å². The molecular weight excluding hydrogens is 415 g/mol. The van der Waals surface area contributed by atoms with E-state index in [4.69, 9.17) is 16.3 Å². The van der Waals surface area contributed by atoms with Crippen molar-refractivity contribution in [2.24, 2.45) is 0 Å². The Hall–Kier alpha value is -1.66. The number of thiazole rings is 1. The Kier molecular flexibility index (Phi) is 5.61. The molecule has 1 unspecified atom stereocenters. The number of hydrogen-bond donors (Lipinski definition) is 1. The van der Waals surface area contributed by atoms with Crippen molar-refractivity contribution in [2.75, 3.05) is 13.1 Å². The molecule has 2 aromatic carbocycles. The first-order chi connectivity index (χ1) is 13.2. The predicted molar refractivity (Wildman–Crippen MR) is 115 cm³/mol. The number of nitrogens with zero attached hydrogens (tertiary/aromatic N) is 1. The first-order valence-corrected chi connectivity index (χ1v) is 10.5. The van der Waals surface area contributed by atoms with Crippen LogP contribution in [0, 0.1) is 0 Å². The predicted octanol–water partition coefficient (Wildman–Crippen LogP) is 5.08. The summed E-state index contributed by atoms with van der Waals surface area (Å²) >= 11 is 7.76. The third kappa shape index (κ3) is 3.52. The molecule has 2 aliphatic rings. The van der Waals surface area contributed by atoms with Gasteiger partial charge in [-0.15, -0.1) is 23.7 Å². The van der Waals surface area contributed by atoms with E-state index >= 15 is 0 Å². The fourth-order valence-corrected chi connectivity index (χ4v) is 5.35. The summed E-state index contributed by atoms with van der Waals surface area (Å²) in [6.45, 7) is 2.09. The molecule has 0 spiro atoms. The number of para-hydroxylation sites is 1. The number of nitrogens with one attached hydrogen (secondary N) is 1. The SMILES string of the molecule is Cl.O=C1Oc2cc(C3CCNCC3)ccc2CC1c1nc2c(Cl)cccc2s1. The lowest BCUT2D eigenvalue weighted by Crippen LogP contribution is -2.28. The largest absolute Gasteiger partial charge is 0.426 e. The van der Waals surface area contributed by atoms with E-state index in [0.717, 1.165) is 46.7 Å². The van der Waals surface area contributed by atoms with E-state index < -0.39 is 0 Å². The number of piperidine rings is 1. The van der Waals surface area contributed by atoms with E-state index in [1.54, 1.807) is 0 Å². The van der Waals surface area contributed by atoms with Crippen LogP contribution in [-0.4, -0.2) is 24.0 Å². The minimum atomic E-state index is -0.365. The number of carbonyl (C=O) groups excluding carboxylic acids is 1. The lowest BCUT2D eigenvalue weighted by Gasteiger charge is -2.26. The van der Waals surface area contributed by atoms with Crippen LogP contribution >= 0.6 is 35.3 Å². The van der Waals surface area contributed by atoms with E-state index in [0.29, 0.717) is 23.1 Å². The fourth-order valence-electron chi connectivity index (χ4n) is 4.00. The van der Waals surface area contributed by atoms with Crippen LogP contribution in [0.4, 0.5) is 0 Å². The summed E-state index contributed by atoms with van der Waals surface area (Å²) in [6.07, 6.45) is 2.88. The van der Waals surface area contributed by atoms with Crippen LogP contribution < -0.4 is 10.1 Å². The number of halogens is 2. The summed E-state index contributed by atoms with van der Waals surface area (Å²) < 4.78 is 6.73. The molecule has 3 aromatic rings. The van der Waals surface area contributed by atoms with Gasteiger partial charge in [-0.3, -0.25) is 4.79 Å². The highest BCUT2D eigenvalue weighted by molar-refractivity contribution is 7.18. The average molecular weight is 435 g/mol. The molecule has 1 saturated heterocycles. The Morgan fingerprint density at radius 3 is 2.79 bits per heavy atom. The zero-order valence-electron chi connectivity index (χ0n) is 15.1. The molecule has 0 aliphatic carbocycles. The maximum absolute atomic E-state index is 12.7. The van der Waals surface area contributed by atoms with Crippen LogP contribution in [-0.2, 0) is 11.2 Å². The quantitative estimate of drug-likeness (QED) is 0.450. The average Bonchev–Trinajstić information content (AvgIpc) is 3.13. The number of rotatable bonds is 2. The lowest BCUT2D eigenvalue weighted by molar-refractivity contribution is -0.137. The minimum absolute atomic E-state index is 0. The second-order valence-electron chi connectivity index (χ2n) is 7.21. The Labute approximate surface area is 178 Å². The molecule has 1 N–H and O–H groups in total. The Bertz CT molecular complexity index is 1030. The van der Waals surface area contributed by atoms with Gasteiger partial charge in [-0.2, -0.15) is 0 Å². The van der Waals surface area contributed by atoms with E-state index in [2.05, 4.69) is 28.5 Å². The zero-order valence-corrected chi connectivity index (χ0v) is 17.5. The highest BCUT2D eigenvalue weighted by Crippen LogP contribution is 2.39. The van der Waals surface area contributed by atoms with Crippen molar-refractivity contribution in [3.8, 4) is 5.75 Å². The standard InChI is InChI=1S/C21H19ClN2O2S.ClH/c22-16-2-1-3-18-19(16)24-20(27-18)15-10-14-5-4-13(11-17(14)26-21(15)25)12-6-8-23-9-7-12;/h1-5,11-12,15,23H,6-10H2;1H. The first-order valence-electron chi connectivity index (χ1n) is 9.29. The Morgan fingerprint density at radius 2 is 2.00 bits per heavy atom. The third-order valence-electron chi connectivity index (χ3n) is 5.51. The van der Waals surface area contributed by atoms with Crippen LogP contribution in [0.1, 0.15) is 40.8 Å². The van der Waals surface area contributed by atoms with Crippen LogP contribution in [0.15, 0.2) is 36.4 Å². The van der Waals surface area contributed by atoms with Crippen molar-refractivity contribution < 1.29 is 9.53 Å². The van der Waals surface area contributed by atoms with Gasteiger partial charge in [0.25, 0.3) is 0 Å². The fraction of sp³-hybridized carbons (Fsp3) is 0.333. The molecular formula is C21H20Cl2N2O2S. The van der Waals surface area contributed by atoms with Gasteiger partial charge in [-0.1, -0.05) is 29.8 Å². The topological polar surface area (TPSA) is 51.2 Å². The van der Waals surface area contributed by atoms with Gasteiger partial charge in [-0.25, -0.2) is 4.98 Å². The number of hydrogen-bond acceptors (Lipinski definition) is 5. The Morgan fingerprint density at radius 1 is 1.18 bits per heavy atom. The Balaban J connectivity index is 0.00000192. The molecule has 28 heavy (non-hydrogen) atoms. The molecule has 7 heteroatoms. The second kappa shape index (κ2) is 7.99. The molecule has 4 nitrogen and oxygen atoms in total. The van der Waals surface area contributed by atoms with Gasteiger partial charge in [0.2, 0.25) is 0 Å². The van der Waals surface area contributed by atoms with Crippen LogP contribution in [0.5, 0.6) is 5.75 Å². The molecule has 1 aromatic heterocycles. The molecule has 1 fully saturated rings. The van der Waals surface area contributed by atoms with Crippen LogP contribution in [0.3, 0.4) is 0 Å². The van der Waals surface area contributed by atoms with Gasteiger partial charge in [0, 0.05) is 0 Å². The van der Waals surface area contributed by atoms with Crippen molar-refractivity contribution >= 4 is 51.5 Å². The summed E-state index contributed by atoms with van der Waals surface area (Å²) in [5.74, 6) is 0.668. The number of fused-ring (bicyclic) bond motifs is 2. The molecule has 0 amide bonds. The smallest absolute Gasteiger partial charge is 0.321 e. The van der Waals surface area contributed by atoms with E-state index in [1.165, 1.54) is 16.9 Å². The van der Waals surface area contributed by atoms with Crippen LogP contribution in [0.2, 0.25) is 5.02 Å². The molecule has 146 valence electrons. The maximum Gasteiger partial charge on any atom is 0.321 e. The summed E-state index contributed by atoms with van der Waals surface area (Å²) in [4.78, 5) is 17.3. The molecule has 5 rings (SSSR count). The van der Waals surface area contributed by atoms with Crippen molar-refractivity contribution in [3.05, 3.63) is 57.6 Å². The summed E-state index contributed by atoms with van der Waals surface area (Å²) in [6, 6.07) is 12.1. The maximum atomic E-state index is 12.7.